The fourth-order valence-electron chi connectivity index (χ4n) is 4.38. The molecule has 0 aliphatic carbocycles. The Morgan fingerprint density at radius 1 is 0.969 bits per heavy atom. The highest BCUT2D eigenvalue weighted by atomic mass is 16.7. The maximum Gasteiger partial charge on any atom is 0.224 e. The maximum absolute atomic E-state index is 12.3. The molecule has 0 bridgehead atoms. The minimum absolute atomic E-state index is 0.146. The molecule has 0 radical (unpaired) electrons. The van der Waals surface area contributed by atoms with Gasteiger partial charge in [0.05, 0.1) is 6.61 Å². The Balaban J connectivity index is 1.59. The van der Waals surface area contributed by atoms with Crippen molar-refractivity contribution in [1.82, 2.24) is 4.57 Å². The summed E-state index contributed by atoms with van der Waals surface area (Å²) in [7, 11) is 0. The largest absolute Gasteiger partial charge is 0.458 e. The monoisotopic (exact) mass is 444 g/mol. The molecule has 0 N–H and O–H groups in total. The molecule has 1 aliphatic rings. The number of hydrogen-bond donors (Lipinski definition) is 0. The van der Waals surface area contributed by atoms with Crippen LogP contribution in [0.2, 0.25) is 0 Å². The fourth-order valence-corrected chi connectivity index (χ4v) is 4.38. The Hall–Kier alpha value is -1.80. The zero-order valence-electron chi connectivity index (χ0n) is 20.3. The first-order chi connectivity index (χ1) is 15.8. The highest BCUT2D eigenvalue weighted by Crippen LogP contribution is 2.20. The number of unbranched alkanes of at least 4 members (excludes halogenated alkanes) is 13. The van der Waals surface area contributed by atoms with E-state index in [9.17, 15) is 10.1 Å². The van der Waals surface area contributed by atoms with Crippen molar-refractivity contribution in [2.75, 3.05) is 6.61 Å². The van der Waals surface area contributed by atoms with Crippen LogP contribution in [0.4, 0.5) is 0 Å². The van der Waals surface area contributed by atoms with Crippen molar-refractivity contribution in [2.24, 2.45) is 0 Å². The van der Waals surface area contributed by atoms with Gasteiger partial charge >= 0.3 is 0 Å². The van der Waals surface area contributed by atoms with Gasteiger partial charge < -0.3 is 14.0 Å². The molecule has 1 aromatic heterocycles. The van der Waals surface area contributed by atoms with Crippen molar-refractivity contribution in [2.45, 2.75) is 129 Å². The lowest BCUT2D eigenvalue weighted by Crippen LogP contribution is -2.28. The van der Waals surface area contributed by atoms with E-state index in [1.165, 1.54) is 83.1 Å². The third kappa shape index (κ3) is 10.2. The molecule has 0 saturated carbocycles. The average Bonchev–Trinajstić information content (AvgIpc) is 2.82. The molecule has 1 aliphatic heterocycles. The summed E-state index contributed by atoms with van der Waals surface area (Å²) in [6.07, 6.45) is 22.6. The van der Waals surface area contributed by atoms with Crippen LogP contribution in [-0.4, -0.2) is 17.5 Å². The number of nitriles is 1. The molecule has 0 spiro atoms. The van der Waals surface area contributed by atoms with Crippen molar-refractivity contribution in [1.29, 1.82) is 5.26 Å². The summed E-state index contributed by atoms with van der Waals surface area (Å²) >= 11 is 0. The third-order valence-corrected chi connectivity index (χ3v) is 6.38. The van der Waals surface area contributed by atoms with Gasteiger partial charge in [-0.3, -0.25) is 4.79 Å². The second kappa shape index (κ2) is 16.8. The van der Waals surface area contributed by atoms with E-state index in [0.717, 1.165) is 38.6 Å². The Morgan fingerprint density at radius 2 is 1.56 bits per heavy atom. The minimum Gasteiger partial charge on any atom is -0.458 e. The van der Waals surface area contributed by atoms with E-state index in [1.54, 1.807) is 6.20 Å². The first kappa shape index (κ1) is 26.5. The molecule has 1 saturated heterocycles. The Morgan fingerprint density at radius 3 is 2.09 bits per heavy atom. The molecule has 2 rings (SSSR count). The molecule has 1 atom stereocenters. The van der Waals surface area contributed by atoms with E-state index < -0.39 is 6.29 Å². The summed E-state index contributed by atoms with van der Waals surface area (Å²) in [5.41, 5.74) is 0.0781. The zero-order chi connectivity index (χ0) is 22.9. The van der Waals surface area contributed by atoms with Crippen LogP contribution in [0.1, 0.15) is 122 Å². The van der Waals surface area contributed by atoms with Gasteiger partial charge in [0.15, 0.2) is 12.0 Å². The fraction of sp³-hybridized carbons (Fsp3) is 0.778. The number of aromatic nitrogens is 1. The smallest absolute Gasteiger partial charge is 0.224 e. The number of rotatable bonds is 17. The van der Waals surface area contributed by atoms with Gasteiger partial charge in [-0.05, 0) is 19.3 Å². The van der Waals surface area contributed by atoms with E-state index >= 15 is 0 Å². The number of hydrogen-bond acceptors (Lipinski definition) is 4. The molecule has 5 heteroatoms. The van der Waals surface area contributed by atoms with E-state index in [2.05, 4.69) is 13.0 Å². The molecule has 180 valence electrons. The third-order valence-electron chi connectivity index (χ3n) is 6.38. The molecule has 32 heavy (non-hydrogen) atoms. The van der Waals surface area contributed by atoms with Crippen LogP contribution in [0.5, 0.6) is 5.75 Å². The first-order valence-corrected chi connectivity index (χ1v) is 13.2. The molecule has 2 heterocycles. The van der Waals surface area contributed by atoms with Crippen LogP contribution in [0.3, 0.4) is 0 Å². The van der Waals surface area contributed by atoms with E-state index in [0.29, 0.717) is 12.3 Å². The molecule has 1 aromatic rings. The van der Waals surface area contributed by atoms with Crippen LogP contribution in [-0.2, 0) is 11.3 Å². The van der Waals surface area contributed by atoms with Gasteiger partial charge in [0.1, 0.15) is 6.07 Å². The topological polar surface area (TPSA) is 64.2 Å². The van der Waals surface area contributed by atoms with Crippen molar-refractivity contribution < 1.29 is 9.47 Å². The first-order valence-electron chi connectivity index (χ1n) is 13.2. The Kier molecular flexibility index (Phi) is 13.9. The van der Waals surface area contributed by atoms with Crippen LogP contribution >= 0.6 is 0 Å². The standard InChI is InChI=1S/C27H44N2O3/c1-2-3-4-5-6-7-8-9-10-11-12-13-14-16-20-29-21-19-25(30)27(24(29)23-28)32-26-18-15-17-22-31-26/h19,21,26H,2-18,20,22H2,1H3. The molecular weight excluding hydrogens is 400 g/mol. The normalized spacial score (nSPS) is 16.1. The predicted molar refractivity (Wildman–Crippen MR) is 130 cm³/mol. The van der Waals surface area contributed by atoms with Crippen LogP contribution in [0.25, 0.3) is 0 Å². The quantitative estimate of drug-likeness (QED) is 0.240. The van der Waals surface area contributed by atoms with Crippen molar-refractivity contribution in [3.8, 4) is 11.8 Å². The Labute approximate surface area is 195 Å². The van der Waals surface area contributed by atoms with E-state index in [1.807, 2.05) is 4.57 Å². The van der Waals surface area contributed by atoms with Gasteiger partial charge in [0.25, 0.3) is 0 Å². The SMILES string of the molecule is CCCCCCCCCCCCCCCCn1ccc(=O)c(OC2CCCCO2)c1C#N. The summed E-state index contributed by atoms with van der Waals surface area (Å²) < 4.78 is 13.2. The van der Waals surface area contributed by atoms with Crippen molar-refractivity contribution in [3.05, 3.63) is 28.2 Å². The maximum atomic E-state index is 12.3. The summed E-state index contributed by atoms with van der Waals surface area (Å²) in [6, 6.07) is 3.68. The lowest BCUT2D eigenvalue weighted by Gasteiger charge is -2.24. The van der Waals surface area contributed by atoms with Gasteiger partial charge in [-0.15, -0.1) is 0 Å². The number of nitrogens with zero attached hydrogens (tertiary/aromatic N) is 2. The van der Waals surface area contributed by atoms with Gasteiger partial charge in [-0.2, -0.15) is 5.26 Å². The molecule has 0 amide bonds. The molecule has 1 fully saturated rings. The van der Waals surface area contributed by atoms with E-state index in [-0.39, 0.29) is 11.2 Å². The van der Waals surface area contributed by atoms with Gasteiger partial charge in [0.2, 0.25) is 11.2 Å². The van der Waals surface area contributed by atoms with Gasteiger partial charge in [0, 0.05) is 25.2 Å². The predicted octanol–water partition coefficient (Wildman–Crippen LogP) is 7.11. The summed E-state index contributed by atoms with van der Waals surface area (Å²) in [5, 5.41) is 9.64. The number of pyridine rings is 1. The van der Waals surface area contributed by atoms with Crippen LogP contribution < -0.4 is 10.2 Å². The molecule has 1 unspecified atom stereocenters. The van der Waals surface area contributed by atoms with Crippen LogP contribution in [0.15, 0.2) is 17.1 Å². The molecule has 0 aromatic carbocycles. The summed E-state index contributed by atoms with van der Waals surface area (Å²) in [5.74, 6) is 0.146. The average molecular weight is 445 g/mol. The lowest BCUT2D eigenvalue weighted by molar-refractivity contribution is -0.106. The second-order valence-electron chi connectivity index (χ2n) is 9.17. The number of ether oxygens (including phenoxy) is 2. The zero-order valence-corrected chi connectivity index (χ0v) is 20.3. The highest BCUT2D eigenvalue weighted by Gasteiger charge is 2.20. The van der Waals surface area contributed by atoms with Crippen molar-refractivity contribution >= 4 is 0 Å². The molecular formula is C27H44N2O3. The Bertz CT molecular complexity index is 717. The van der Waals surface area contributed by atoms with Crippen molar-refractivity contribution in [3.63, 3.8) is 0 Å². The van der Waals surface area contributed by atoms with Gasteiger partial charge in [-0.1, -0.05) is 90.4 Å². The summed E-state index contributed by atoms with van der Waals surface area (Å²) in [6.45, 7) is 3.66. The van der Waals surface area contributed by atoms with E-state index in [4.69, 9.17) is 9.47 Å². The second-order valence-corrected chi connectivity index (χ2v) is 9.17. The number of aryl methyl sites for hydroxylation is 1. The van der Waals surface area contributed by atoms with Crippen LogP contribution in [0, 0.1) is 11.3 Å². The van der Waals surface area contributed by atoms with Gasteiger partial charge in [-0.25, -0.2) is 0 Å². The molecule has 5 nitrogen and oxygen atoms in total. The highest BCUT2D eigenvalue weighted by molar-refractivity contribution is 5.38. The minimum atomic E-state index is -0.416. The lowest BCUT2D eigenvalue weighted by atomic mass is 10.0. The summed E-state index contributed by atoms with van der Waals surface area (Å²) in [4.78, 5) is 12.3.